The number of rotatable bonds is 1. The van der Waals surface area contributed by atoms with Crippen molar-refractivity contribution in [3.8, 4) is 0 Å². The lowest BCUT2D eigenvalue weighted by atomic mass is 9.92. The number of hydrogen-bond donors (Lipinski definition) is 1. The third-order valence-corrected chi connectivity index (χ3v) is 2.68. The normalized spacial score (nSPS) is 19.6. The Bertz CT molecular complexity index is 301. The van der Waals surface area contributed by atoms with E-state index in [4.69, 9.17) is 10.3 Å². The molecule has 0 aliphatic heterocycles. The molecular weight excluding hydrogens is 152 g/mol. The molecule has 1 heterocycles. The van der Waals surface area contributed by atoms with E-state index in [-0.39, 0.29) is 5.41 Å². The Morgan fingerprint density at radius 3 is 3.00 bits per heavy atom. The molecule has 0 bridgehead atoms. The van der Waals surface area contributed by atoms with Crippen molar-refractivity contribution in [1.82, 2.24) is 5.16 Å². The van der Waals surface area contributed by atoms with Gasteiger partial charge in [-0.3, -0.25) is 0 Å². The first-order valence-electron chi connectivity index (χ1n) is 4.33. The Kier molecular flexibility index (Phi) is 1.51. The van der Waals surface area contributed by atoms with E-state index in [9.17, 15) is 0 Å². The molecule has 3 heteroatoms. The van der Waals surface area contributed by atoms with E-state index in [0.717, 1.165) is 24.3 Å². The summed E-state index contributed by atoms with van der Waals surface area (Å²) in [4.78, 5) is 0. The number of nitrogens with two attached hydrogens (primary N) is 1. The van der Waals surface area contributed by atoms with Crippen molar-refractivity contribution < 1.29 is 4.52 Å². The van der Waals surface area contributed by atoms with Crippen molar-refractivity contribution in [3.63, 3.8) is 0 Å². The molecule has 3 nitrogen and oxygen atoms in total. The van der Waals surface area contributed by atoms with Crippen LogP contribution in [0.3, 0.4) is 0 Å². The molecule has 0 atom stereocenters. The summed E-state index contributed by atoms with van der Waals surface area (Å²) in [7, 11) is 0. The molecule has 0 fully saturated rings. The van der Waals surface area contributed by atoms with Gasteiger partial charge in [0.15, 0.2) is 0 Å². The molecule has 0 saturated heterocycles. The summed E-state index contributed by atoms with van der Waals surface area (Å²) in [6, 6.07) is 0. The molecule has 1 aliphatic carbocycles. The maximum Gasteiger partial charge on any atom is 0.145 e. The second-order valence-corrected chi connectivity index (χ2v) is 4.02. The van der Waals surface area contributed by atoms with Gasteiger partial charge in [0.2, 0.25) is 0 Å². The molecule has 1 aromatic heterocycles. The predicted octanol–water partition coefficient (Wildman–Crippen LogP) is 1.36. The van der Waals surface area contributed by atoms with Crippen LogP contribution in [0, 0.1) is 0 Å². The highest BCUT2D eigenvalue weighted by atomic mass is 16.5. The van der Waals surface area contributed by atoms with E-state index in [2.05, 4.69) is 19.0 Å². The SMILES string of the molecule is CC1(C)CCc2c(CN)noc21. The first kappa shape index (κ1) is 7.80. The fraction of sp³-hybridized carbons (Fsp3) is 0.667. The van der Waals surface area contributed by atoms with Gasteiger partial charge in [0, 0.05) is 17.5 Å². The van der Waals surface area contributed by atoms with Gasteiger partial charge in [0.25, 0.3) is 0 Å². The highest BCUT2D eigenvalue weighted by Gasteiger charge is 2.36. The van der Waals surface area contributed by atoms with Gasteiger partial charge in [0.05, 0.1) is 0 Å². The van der Waals surface area contributed by atoms with Crippen LogP contribution in [0.5, 0.6) is 0 Å². The molecule has 0 aromatic carbocycles. The molecule has 0 unspecified atom stereocenters. The first-order chi connectivity index (χ1) is 5.65. The fourth-order valence-corrected chi connectivity index (χ4v) is 1.84. The summed E-state index contributed by atoms with van der Waals surface area (Å²) < 4.78 is 5.28. The summed E-state index contributed by atoms with van der Waals surface area (Å²) in [5.41, 5.74) is 7.89. The molecule has 1 aliphatic rings. The average molecular weight is 166 g/mol. The molecule has 12 heavy (non-hydrogen) atoms. The molecule has 2 N–H and O–H groups in total. The van der Waals surface area contributed by atoms with Crippen LogP contribution < -0.4 is 5.73 Å². The number of aromatic nitrogens is 1. The molecule has 66 valence electrons. The van der Waals surface area contributed by atoms with Crippen LogP contribution in [-0.4, -0.2) is 5.16 Å². The van der Waals surface area contributed by atoms with Crippen molar-refractivity contribution >= 4 is 0 Å². The second-order valence-electron chi connectivity index (χ2n) is 4.02. The van der Waals surface area contributed by atoms with Crippen molar-refractivity contribution in [1.29, 1.82) is 0 Å². The van der Waals surface area contributed by atoms with Crippen LogP contribution in [0.25, 0.3) is 0 Å². The van der Waals surface area contributed by atoms with Crippen molar-refractivity contribution in [2.75, 3.05) is 0 Å². The monoisotopic (exact) mass is 166 g/mol. The minimum atomic E-state index is 0.162. The molecule has 0 radical (unpaired) electrons. The van der Waals surface area contributed by atoms with Crippen LogP contribution >= 0.6 is 0 Å². The van der Waals surface area contributed by atoms with Crippen LogP contribution in [0.1, 0.15) is 37.3 Å². The Labute approximate surface area is 71.9 Å². The van der Waals surface area contributed by atoms with Gasteiger partial charge in [-0.15, -0.1) is 0 Å². The van der Waals surface area contributed by atoms with Gasteiger partial charge in [-0.25, -0.2) is 0 Å². The minimum Gasteiger partial charge on any atom is -0.360 e. The summed E-state index contributed by atoms with van der Waals surface area (Å²) in [5.74, 6) is 1.04. The standard InChI is InChI=1S/C9H14N2O/c1-9(2)4-3-6-7(5-10)11-12-8(6)9/h3-5,10H2,1-2H3. The maximum absolute atomic E-state index is 5.53. The Morgan fingerprint density at radius 1 is 1.58 bits per heavy atom. The van der Waals surface area contributed by atoms with Gasteiger partial charge < -0.3 is 10.3 Å². The molecule has 0 spiro atoms. The molecule has 1 aromatic rings. The topological polar surface area (TPSA) is 52.0 Å². The lowest BCUT2D eigenvalue weighted by Gasteiger charge is -2.13. The fourth-order valence-electron chi connectivity index (χ4n) is 1.84. The summed E-state index contributed by atoms with van der Waals surface area (Å²) in [5, 5.41) is 3.95. The van der Waals surface area contributed by atoms with Gasteiger partial charge >= 0.3 is 0 Å². The second kappa shape index (κ2) is 2.33. The third-order valence-electron chi connectivity index (χ3n) is 2.68. The van der Waals surface area contributed by atoms with Crippen LogP contribution in [-0.2, 0) is 18.4 Å². The number of fused-ring (bicyclic) bond motifs is 1. The average Bonchev–Trinajstić information content (AvgIpc) is 2.53. The zero-order chi connectivity index (χ0) is 8.77. The van der Waals surface area contributed by atoms with E-state index in [1.807, 2.05) is 0 Å². The predicted molar refractivity (Wildman–Crippen MR) is 45.7 cm³/mol. The zero-order valence-electron chi connectivity index (χ0n) is 7.55. The quantitative estimate of drug-likeness (QED) is 0.685. The van der Waals surface area contributed by atoms with Crippen molar-refractivity contribution in [2.24, 2.45) is 5.73 Å². The van der Waals surface area contributed by atoms with Crippen LogP contribution in [0.15, 0.2) is 4.52 Å². The van der Waals surface area contributed by atoms with E-state index in [0.29, 0.717) is 6.54 Å². The van der Waals surface area contributed by atoms with E-state index < -0.39 is 0 Å². The van der Waals surface area contributed by atoms with Crippen LogP contribution in [0.4, 0.5) is 0 Å². The van der Waals surface area contributed by atoms with Gasteiger partial charge in [-0.2, -0.15) is 0 Å². The smallest absolute Gasteiger partial charge is 0.145 e. The van der Waals surface area contributed by atoms with Crippen molar-refractivity contribution in [2.45, 2.75) is 38.6 Å². The Morgan fingerprint density at radius 2 is 2.33 bits per heavy atom. The molecular formula is C9H14N2O. The molecule has 0 amide bonds. The minimum absolute atomic E-state index is 0.162. The lowest BCUT2D eigenvalue weighted by molar-refractivity contribution is 0.316. The van der Waals surface area contributed by atoms with E-state index in [1.165, 1.54) is 5.56 Å². The summed E-state index contributed by atoms with van der Waals surface area (Å²) in [6.07, 6.45) is 2.22. The van der Waals surface area contributed by atoms with Crippen LogP contribution in [0.2, 0.25) is 0 Å². The molecule has 2 rings (SSSR count). The highest BCUT2D eigenvalue weighted by Crippen LogP contribution is 2.39. The van der Waals surface area contributed by atoms with Gasteiger partial charge in [-0.1, -0.05) is 19.0 Å². The van der Waals surface area contributed by atoms with Gasteiger partial charge in [-0.05, 0) is 12.8 Å². The lowest BCUT2D eigenvalue weighted by Crippen LogP contribution is -2.10. The first-order valence-corrected chi connectivity index (χ1v) is 4.33. The molecule has 0 saturated carbocycles. The summed E-state index contributed by atoms with van der Waals surface area (Å²) in [6.45, 7) is 4.86. The van der Waals surface area contributed by atoms with Crippen molar-refractivity contribution in [3.05, 3.63) is 17.0 Å². The van der Waals surface area contributed by atoms with E-state index >= 15 is 0 Å². The Hall–Kier alpha value is -0.830. The maximum atomic E-state index is 5.53. The zero-order valence-corrected chi connectivity index (χ0v) is 7.55. The highest BCUT2D eigenvalue weighted by molar-refractivity contribution is 5.33. The third kappa shape index (κ3) is 0.894. The Balaban J connectivity index is 2.49. The number of nitrogens with zero attached hydrogens (tertiary/aromatic N) is 1. The van der Waals surface area contributed by atoms with Gasteiger partial charge in [0.1, 0.15) is 11.5 Å². The summed E-state index contributed by atoms with van der Waals surface area (Å²) >= 11 is 0. The van der Waals surface area contributed by atoms with E-state index in [1.54, 1.807) is 0 Å². The number of hydrogen-bond acceptors (Lipinski definition) is 3. The largest absolute Gasteiger partial charge is 0.360 e.